The number of hydrogen-bond acceptors (Lipinski definition) is 4. The van der Waals surface area contributed by atoms with E-state index in [9.17, 15) is 0 Å². The van der Waals surface area contributed by atoms with Gasteiger partial charge < -0.3 is 14.5 Å². The molecular weight excluding hydrogens is 372 g/mol. The first-order valence-corrected chi connectivity index (χ1v) is 10.2. The Balaban J connectivity index is 1.98. The van der Waals surface area contributed by atoms with E-state index in [-0.39, 0.29) is 5.41 Å². The number of methoxy groups -OCH3 is 1. The number of ether oxygens (including phenoxy) is 2. The first-order valence-electron chi connectivity index (χ1n) is 10.2. The van der Waals surface area contributed by atoms with E-state index in [1.165, 1.54) is 5.56 Å². The monoisotopic (exact) mass is 404 g/mol. The van der Waals surface area contributed by atoms with Crippen LogP contribution in [0.1, 0.15) is 37.5 Å². The normalized spacial score (nSPS) is 11.3. The molecule has 0 amide bonds. The van der Waals surface area contributed by atoms with Crippen LogP contribution in [0.3, 0.4) is 0 Å². The van der Waals surface area contributed by atoms with Crippen molar-refractivity contribution in [2.45, 2.75) is 39.7 Å². The second kappa shape index (κ2) is 8.80. The Morgan fingerprint density at radius 2 is 1.67 bits per heavy atom. The Kier molecular flexibility index (Phi) is 6.37. The van der Waals surface area contributed by atoms with Gasteiger partial charge in [-0.1, -0.05) is 57.2 Å². The summed E-state index contributed by atoms with van der Waals surface area (Å²) in [4.78, 5) is 0. The molecule has 30 heavy (non-hydrogen) atoms. The van der Waals surface area contributed by atoms with Gasteiger partial charge in [0.15, 0.2) is 0 Å². The van der Waals surface area contributed by atoms with E-state index in [0.717, 1.165) is 39.4 Å². The molecule has 4 heteroatoms. The summed E-state index contributed by atoms with van der Waals surface area (Å²) in [7, 11) is 3.55. The Morgan fingerprint density at radius 1 is 0.933 bits per heavy atom. The highest BCUT2D eigenvalue weighted by molar-refractivity contribution is 5.75. The molecule has 0 spiro atoms. The number of rotatable bonds is 6. The minimum absolute atomic E-state index is 0.0547. The fourth-order valence-corrected chi connectivity index (χ4v) is 3.70. The molecule has 0 atom stereocenters. The van der Waals surface area contributed by atoms with Crippen LogP contribution in [0.5, 0.6) is 11.5 Å². The van der Waals surface area contributed by atoms with Gasteiger partial charge in [0, 0.05) is 18.2 Å². The highest BCUT2D eigenvalue weighted by Gasteiger charge is 2.21. The van der Waals surface area contributed by atoms with Gasteiger partial charge in [-0.15, -0.1) is 0 Å². The van der Waals surface area contributed by atoms with Crippen LogP contribution in [0.2, 0.25) is 0 Å². The van der Waals surface area contributed by atoms with Crippen LogP contribution >= 0.6 is 0 Å². The molecule has 3 aromatic carbocycles. The molecule has 0 unspecified atom stereocenters. The van der Waals surface area contributed by atoms with Gasteiger partial charge in [-0.25, -0.2) is 5.84 Å². The molecule has 0 aromatic heterocycles. The summed E-state index contributed by atoms with van der Waals surface area (Å²) >= 11 is 0. The number of nitrogens with zero attached hydrogens (tertiary/aromatic N) is 1. The topological polar surface area (TPSA) is 47.7 Å². The van der Waals surface area contributed by atoms with Crippen LogP contribution in [0.25, 0.3) is 11.1 Å². The second-order valence-corrected chi connectivity index (χ2v) is 8.63. The molecule has 0 saturated carbocycles. The van der Waals surface area contributed by atoms with Crippen LogP contribution in [0.15, 0.2) is 60.7 Å². The molecule has 2 N–H and O–H groups in total. The van der Waals surface area contributed by atoms with Gasteiger partial charge in [0.2, 0.25) is 0 Å². The first kappa shape index (κ1) is 21.7. The fraction of sp³-hybridized carbons (Fsp3) is 0.308. The van der Waals surface area contributed by atoms with Crippen molar-refractivity contribution in [2.75, 3.05) is 19.2 Å². The summed E-state index contributed by atoms with van der Waals surface area (Å²) in [6.45, 7) is 9.19. The summed E-state index contributed by atoms with van der Waals surface area (Å²) in [6.07, 6.45) is 0. The molecule has 0 saturated heterocycles. The van der Waals surface area contributed by atoms with Crippen molar-refractivity contribution in [1.29, 1.82) is 0 Å². The maximum absolute atomic E-state index is 6.23. The van der Waals surface area contributed by atoms with Gasteiger partial charge in [-0.3, -0.25) is 0 Å². The zero-order valence-corrected chi connectivity index (χ0v) is 18.8. The number of nitrogens with two attached hydrogens (primary N) is 1. The highest BCUT2D eigenvalue weighted by atomic mass is 16.5. The van der Waals surface area contributed by atoms with Crippen LogP contribution in [-0.2, 0) is 12.0 Å². The minimum atomic E-state index is -0.0547. The summed E-state index contributed by atoms with van der Waals surface area (Å²) in [6, 6.07) is 20.5. The molecule has 0 aliphatic carbocycles. The van der Waals surface area contributed by atoms with Crippen LogP contribution in [-0.4, -0.2) is 14.2 Å². The summed E-state index contributed by atoms with van der Waals surface area (Å²) in [5.74, 6) is 7.72. The van der Waals surface area contributed by atoms with Crippen molar-refractivity contribution in [2.24, 2.45) is 5.84 Å². The Hall–Kier alpha value is -2.98. The predicted molar refractivity (Wildman–Crippen MR) is 125 cm³/mol. The van der Waals surface area contributed by atoms with E-state index in [1.807, 2.05) is 43.4 Å². The number of anilines is 1. The summed E-state index contributed by atoms with van der Waals surface area (Å²) < 4.78 is 11.8. The molecule has 0 radical (unpaired) electrons. The van der Waals surface area contributed by atoms with E-state index >= 15 is 0 Å². The second-order valence-electron chi connectivity index (χ2n) is 8.63. The third-order valence-corrected chi connectivity index (χ3v) is 5.34. The number of hydrazine groups is 1. The zero-order chi connectivity index (χ0) is 21.9. The molecule has 0 aliphatic heterocycles. The zero-order valence-electron chi connectivity index (χ0n) is 18.8. The Labute approximate surface area is 180 Å². The molecule has 0 fully saturated rings. The molecule has 3 aromatic rings. The largest absolute Gasteiger partial charge is 0.496 e. The SMILES string of the molecule is COc1ccccc1-c1ccc(OCc2c(C)cccc2N(C)N)cc1C(C)(C)C. The van der Waals surface area contributed by atoms with Gasteiger partial charge >= 0.3 is 0 Å². The standard InChI is InChI=1S/C26H32N2O2/c1-18-10-9-12-24(28(5)27)22(18)17-30-19-14-15-20(23(16-19)26(2,3)4)21-11-7-8-13-25(21)29-6/h7-16H,17,27H2,1-6H3. The predicted octanol–water partition coefficient (Wildman–Crippen LogP) is 5.86. The van der Waals surface area contributed by atoms with E-state index in [1.54, 1.807) is 12.1 Å². The average molecular weight is 405 g/mol. The van der Waals surface area contributed by atoms with Crippen LogP contribution in [0, 0.1) is 6.92 Å². The van der Waals surface area contributed by atoms with E-state index < -0.39 is 0 Å². The molecule has 0 heterocycles. The Bertz CT molecular complexity index is 1020. The summed E-state index contributed by atoms with van der Waals surface area (Å²) in [5, 5.41) is 1.64. The lowest BCUT2D eigenvalue weighted by Crippen LogP contribution is -2.26. The lowest BCUT2D eigenvalue weighted by atomic mass is 9.81. The lowest BCUT2D eigenvalue weighted by molar-refractivity contribution is 0.305. The molecule has 0 bridgehead atoms. The summed E-state index contributed by atoms with van der Waals surface area (Å²) in [5.41, 5.74) is 6.62. The van der Waals surface area contributed by atoms with Crippen molar-refractivity contribution < 1.29 is 9.47 Å². The average Bonchev–Trinajstić information content (AvgIpc) is 2.71. The third-order valence-electron chi connectivity index (χ3n) is 5.34. The van der Waals surface area contributed by atoms with Crippen molar-refractivity contribution in [3.63, 3.8) is 0 Å². The van der Waals surface area contributed by atoms with Crippen LogP contribution in [0.4, 0.5) is 5.69 Å². The van der Waals surface area contributed by atoms with Gasteiger partial charge in [0.25, 0.3) is 0 Å². The van der Waals surface area contributed by atoms with E-state index in [0.29, 0.717) is 6.61 Å². The fourth-order valence-electron chi connectivity index (χ4n) is 3.70. The molecular formula is C26H32N2O2. The number of para-hydroxylation sites is 1. The quantitative estimate of drug-likeness (QED) is 0.413. The maximum Gasteiger partial charge on any atom is 0.126 e. The van der Waals surface area contributed by atoms with Gasteiger partial charge in [0.1, 0.15) is 18.1 Å². The maximum atomic E-state index is 6.23. The van der Waals surface area contributed by atoms with Crippen molar-refractivity contribution in [3.8, 4) is 22.6 Å². The third kappa shape index (κ3) is 4.60. The molecule has 0 aliphatic rings. The van der Waals surface area contributed by atoms with E-state index in [4.69, 9.17) is 15.3 Å². The van der Waals surface area contributed by atoms with E-state index in [2.05, 4.69) is 52.0 Å². The number of benzene rings is 3. The van der Waals surface area contributed by atoms with Crippen molar-refractivity contribution in [1.82, 2.24) is 0 Å². The molecule has 3 rings (SSSR count). The lowest BCUT2D eigenvalue weighted by Gasteiger charge is -2.25. The van der Waals surface area contributed by atoms with Gasteiger partial charge in [-0.2, -0.15) is 0 Å². The van der Waals surface area contributed by atoms with Crippen molar-refractivity contribution in [3.05, 3.63) is 77.4 Å². The van der Waals surface area contributed by atoms with Gasteiger partial charge in [-0.05, 0) is 53.3 Å². The van der Waals surface area contributed by atoms with Crippen molar-refractivity contribution >= 4 is 5.69 Å². The molecule has 158 valence electrons. The highest BCUT2D eigenvalue weighted by Crippen LogP contribution is 2.39. The smallest absolute Gasteiger partial charge is 0.126 e. The minimum Gasteiger partial charge on any atom is -0.496 e. The number of hydrogen-bond donors (Lipinski definition) is 1. The first-order chi connectivity index (χ1) is 14.2. The number of aryl methyl sites for hydroxylation is 1. The Morgan fingerprint density at radius 3 is 2.33 bits per heavy atom. The van der Waals surface area contributed by atoms with Crippen LogP contribution < -0.4 is 20.3 Å². The van der Waals surface area contributed by atoms with Gasteiger partial charge in [0.05, 0.1) is 12.8 Å². The molecule has 4 nitrogen and oxygen atoms in total.